The van der Waals surface area contributed by atoms with Crippen LogP contribution in [0.15, 0.2) is 11.4 Å². The normalized spacial score (nSPS) is 19.3. The molecular formula is C10H16O4P+. The Kier molecular flexibility index (Phi) is 4.92. The largest absolute Gasteiger partial charge is 0.478 e. The standard InChI is InChI=1S/C10H15O4P/c11-7-6-9(10(12)13)15(14)8-4-2-1-3-5-8/h4,9,11H,1-3,5-7H2/p+1. The van der Waals surface area contributed by atoms with E-state index in [2.05, 4.69) is 0 Å². The summed E-state index contributed by atoms with van der Waals surface area (Å²) in [6, 6.07) is 0. The molecule has 0 amide bonds. The number of carboxylic acid groups (broad SMARTS) is 1. The molecule has 4 nitrogen and oxygen atoms in total. The molecule has 0 aromatic heterocycles. The monoisotopic (exact) mass is 231 g/mol. The van der Waals surface area contributed by atoms with Crippen LogP contribution in [-0.2, 0) is 9.36 Å². The summed E-state index contributed by atoms with van der Waals surface area (Å²) in [6.07, 6.45) is 5.67. The van der Waals surface area contributed by atoms with E-state index < -0.39 is 19.4 Å². The summed E-state index contributed by atoms with van der Waals surface area (Å²) >= 11 is 0. The summed E-state index contributed by atoms with van der Waals surface area (Å²) in [5.41, 5.74) is -0.922. The number of aliphatic carboxylic acids is 1. The molecule has 1 aliphatic rings. The molecule has 1 aliphatic carbocycles. The fraction of sp³-hybridized carbons (Fsp3) is 0.700. The molecule has 0 spiro atoms. The van der Waals surface area contributed by atoms with Crippen LogP contribution in [0.4, 0.5) is 0 Å². The first kappa shape index (κ1) is 12.3. The van der Waals surface area contributed by atoms with Gasteiger partial charge < -0.3 is 10.2 Å². The van der Waals surface area contributed by atoms with Gasteiger partial charge in [-0.15, -0.1) is 0 Å². The molecule has 0 aromatic carbocycles. The third-order valence-corrected chi connectivity index (χ3v) is 4.54. The lowest BCUT2D eigenvalue weighted by atomic mass is 10.1. The molecule has 0 saturated carbocycles. The Labute approximate surface area is 89.8 Å². The lowest BCUT2D eigenvalue weighted by molar-refractivity contribution is -0.136. The Bertz CT molecular complexity index is 285. The van der Waals surface area contributed by atoms with E-state index in [0.29, 0.717) is 0 Å². The van der Waals surface area contributed by atoms with Crippen LogP contribution < -0.4 is 0 Å². The third-order valence-electron chi connectivity index (χ3n) is 2.52. The number of carboxylic acids is 1. The fourth-order valence-corrected chi connectivity index (χ4v) is 3.32. The van der Waals surface area contributed by atoms with Crippen molar-refractivity contribution in [1.82, 2.24) is 0 Å². The summed E-state index contributed by atoms with van der Waals surface area (Å²) < 4.78 is 11.9. The minimum absolute atomic E-state index is 0.0713. The molecule has 0 saturated heterocycles. The minimum Gasteiger partial charge on any atom is -0.478 e. The molecule has 0 aliphatic heterocycles. The number of aliphatic hydroxyl groups is 1. The molecule has 2 N–H and O–H groups in total. The van der Waals surface area contributed by atoms with E-state index in [0.717, 1.165) is 31.0 Å². The first-order valence-electron chi connectivity index (χ1n) is 5.16. The van der Waals surface area contributed by atoms with E-state index in [1.807, 2.05) is 6.08 Å². The molecular weight excluding hydrogens is 215 g/mol. The Balaban J connectivity index is 2.70. The van der Waals surface area contributed by atoms with Crippen LogP contribution in [0, 0.1) is 0 Å². The Morgan fingerprint density at radius 2 is 2.27 bits per heavy atom. The van der Waals surface area contributed by atoms with Gasteiger partial charge >= 0.3 is 13.8 Å². The van der Waals surface area contributed by atoms with Crippen molar-refractivity contribution in [1.29, 1.82) is 0 Å². The van der Waals surface area contributed by atoms with Crippen LogP contribution in [0.5, 0.6) is 0 Å². The molecule has 0 aromatic rings. The van der Waals surface area contributed by atoms with Gasteiger partial charge in [0.25, 0.3) is 5.66 Å². The van der Waals surface area contributed by atoms with Crippen LogP contribution in [0.25, 0.3) is 0 Å². The van der Waals surface area contributed by atoms with E-state index in [-0.39, 0.29) is 13.0 Å². The maximum absolute atomic E-state index is 11.9. The number of allylic oxidation sites excluding steroid dienone is 2. The van der Waals surface area contributed by atoms with Crippen LogP contribution >= 0.6 is 7.80 Å². The highest BCUT2D eigenvalue weighted by Gasteiger charge is 2.40. The predicted molar refractivity (Wildman–Crippen MR) is 57.3 cm³/mol. The average molecular weight is 231 g/mol. The summed E-state index contributed by atoms with van der Waals surface area (Å²) in [5, 5.41) is 18.4. The Hall–Kier alpha value is -0.730. The van der Waals surface area contributed by atoms with Gasteiger partial charge in [-0.3, -0.25) is 0 Å². The number of hydrogen-bond acceptors (Lipinski definition) is 3. The van der Waals surface area contributed by atoms with Crippen LogP contribution in [0.2, 0.25) is 0 Å². The SMILES string of the molecule is O=C(O)C(CCO)[P+](=O)C1=CCCCC1. The average Bonchev–Trinajstić information content (AvgIpc) is 2.26. The zero-order chi connectivity index (χ0) is 11.3. The molecule has 2 unspecified atom stereocenters. The van der Waals surface area contributed by atoms with Gasteiger partial charge in [0.1, 0.15) is 0 Å². The molecule has 0 bridgehead atoms. The molecule has 1 rings (SSSR count). The summed E-state index contributed by atoms with van der Waals surface area (Å²) in [4.78, 5) is 10.9. The van der Waals surface area contributed by atoms with Crippen LogP contribution in [-0.4, -0.2) is 28.4 Å². The van der Waals surface area contributed by atoms with Gasteiger partial charge in [0.05, 0.1) is 0 Å². The molecule has 84 valence electrons. The topological polar surface area (TPSA) is 74.6 Å². The van der Waals surface area contributed by atoms with E-state index in [4.69, 9.17) is 10.2 Å². The second kappa shape index (κ2) is 5.99. The van der Waals surface area contributed by atoms with Crippen molar-refractivity contribution < 1.29 is 19.6 Å². The number of rotatable bonds is 5. The van der Waals surface area contributed by atoms with Gasteiger partial charge in [-0.1, -0.05) is 4.57 Å². The Morgan fingerprint density at radius 3 is 2.73 bits per heavy atom. The zero-order valence-electron chi connectivity index (χ0n) is 8.56. The third kappa shape index (κ3) is 3.40. The first-order valence-corrected chi connectivity index (χ1v) is 6.48. The van der Waals surface area contributed by atoms with Crippen molar-refractivity contribution in [2.75, 3.05) is 6.61 Å². The number of hydrogen-bond donors (Lipinski definition) is 2. The van der Waals surface area contributed by atoms with Gasteiger partial charge in [-0.05, 0) is 25.3 Å². The van der Waals surface area contributed by atoms with Crippen molar-refractivity contribution in [3.63, 3.8) is 0 Å². The highest BCUT2D eigenvalue weighted by atomic mass is 31.1. The summed E-state index contributed by atoms with van der Waals surface area (Å²) in [6.45, 7) is -0.231. The number of carbonyl (C=O) groups is 1. The van der Waals surface area contributed by atoms with Gasteiger partial charge in [-0.2, -0.15) is 0 Å². The second-order valence-corrected chi connectivity index (χ2v) is 5.48. The molecule has 0 fully saturated rings. The Morgan fingerprint density at radius 1 is 1.53 bits per heavy atom. The smallest absolute Gasteiger partial charge is 0.387 e. The first-order chi connectivity index (χ1) is 7.16. The summed E-state index contributed by atoms with van der Waals surface area (Å²) in [5.74, 6) is -1.07. The quantitative estimate of drug-likeness (QED) is 0.710. The van der Waals surface area contributed by atoms with E-state index >= 15 is 0 Å². The highest BCUT2D eigenvalue weighted by molar-refractivity contribution is 7.51. The maximum Gasteiger partial charge on any atom is 0.387 e. The predicted octanol–water partition coefficient (Wildman–Crippen LogP) is 2.11. The molecule has 5 heteroatoms. The lowest BCUT2D eigenvalue weighted by Gasteiger charge is -2.06. The second-order valence-electron chi connectivity index (χ2n) is 3.63. The van der Waals surface area contributed by atoms with Gasteiger partial charge in [-0.25, -0.2) is 4.79 Å². The van der Waals surface area contributed by atoms with Gasteiger partial charge in [0, 0.05) is 19.4 Å². The van der Waals surface area contributed by atoms with E-state index in [9.17, 15) is 9.36 Å². The van der Waals surface area contributed by atoms with Crippen molar-refractivity contribution in [2.45, 2.75) is 37.8 Å². The fourth-order valence-electron chi connectivity index (χ4n) is 1.68. The molecule has 0 radical (unpaired) electrons. The molecule has 0 heterocycles. The maximum atomic E-state index is 11.9. The van der Waals surface area contributed by atoms with Crippen LogP contribution in [0.3, 0.4) is 0 Å². The van der Waals surface area contributed by atoms with Crippen LogP contribution in [0.1, 0.15) is 32.1 Å². The highest BCUT2D eigenvalue weighted by Crippen LogP contribution is 2.44. The summed E-state index contributed by atoms with van der Waals surface area (Å²) in [7, 11) is -1.86. The van der Waals surface area contributed by atoms with Crippen molar-refractivity contribution in [2.24, 2.45) is 0 Å². The van der Waals surface area contributed by atoms with Gasteiger partial charge in [0.15, 0.2) is 5.31 Å². The van der Waals surface area contributed by atoms with Gasteiger partial charge in [0.2, 0.25) is 0 Å². The van der Waals surface area contributed by atoms with Crippen molar-refractivity contribution in [3.05, 3.63) is 11.4 Å². The van der Waals surface area contributed by atoms with Crippen molar-refractivity contribution in [3.8, 4) is 0 Å². The number of aliphatic hydroxyl groups excluding tert-OH is 1. The zero-order valence-corrected chi connectivity index (χ0v) is 9.45. The van der Waals surface area contributed by atoms with E-state index in [1.165, 1.54) is 0 Å². The molecule has 15 heavy (non-hydrogen) atoms. The van der Waals surface area contributed by atoms with Crippen molar-refractivity contribution >= 4 is 13.8 Å². The van der Waals surface area contributed by atoms with E-state index in [1.54, 1.807) is 0 Å². The lowest BCUT2D eigenvalue weighted by Crippen LogP contribution is -2.18. The minimum atomic E-state index is -1.86. The molecule has 2 atom stereocenters.